The van der Waals surface area contributed by atoms with Crippen LogP contribution in [0.5, 0.6) is 0 Å². The Morgan fingerprint density at radius 3 is 2.09 bits per heavy atom. The van der Waals surface area contributed by atoms with E-state index in [1.54, 1.807) is 6.07 Å². The smallest absolute Gasteiger partial charge is 0.259 e. The number of halogens is 2. The van der Waals surface area contributed by atoms with E-state index < -0.39 is 0 Å². The third-order valence-corrected chi connectivity index (χ3v) is 6.77. The second-order valence-corrected chi connectivity index (χ2v) is 9.59. The van der Waals surface area contributed by atoms with Gasteiger partial charge in [0.2, 0.25) is 0 Å². The third kappa shape index (κ3) is 4.67. The molecular formula is C28H25Cl2N3O. The van der Waals surface area contributed by atoms with Crippen LogP contribution in [0, 0.1) is 6.92 Å². The molecule has 6 heteroatoms. The lowest BCUT2D eigenvalue weighted by Gasteiger charge is -2.30. The number of fused-ring (bicyclic) bond motifs is 1. The van der Waals surface area contributed by atoms with Crippen molar-refractivity contribution in [3.8, 4) is 0 Å². The average Bonchev–Trinajstić information content (AvgIpc) is 2.83. The highest BCUT2D eigenvalue weighted by atomic mass is 35.5. The molecule has 34 heavy (non-hydrogen) atoms. The molecule has 2 heterocycles. The first-order valence-electron chi connectivity index (χ1n) is 11.4. The first kappa shape index (κ1) is 22.9. The van der Waals surface area contributed by atoms with E-state index in [2.05, 4.69) is 29.2 Å². The minimum absolute atomic E-state index is 0.0223. The standard InChI is InChI=1S/C28H25Cl2N3O/c1-19-31-26-12-13-32(17-20-14-23(29)16-24(30)15-20)18-25(26)28(34)33(19)27(21-8-4-2-5-9-21)22-10-6-3-7-11-22/h2-11,14-16,27H,12-13,17-18H2,1H3. The minimum atomic E-state index is -0.241. The van der Waals surface area contributed by atoms with Crippen LogP contribution in [0.1, 0.15) is 39.8 Å². The van der Waals surface area contributed by atoms with Gasteiger partial charge >= 0.3 is 0 Å². The van der Waals surface area contributed by atoms with Crippen molar-refractivity contribution < 1.29 is 0 Å². The Morgan fingerprint density at radius 1 is 0.912 bits per heavy atom. The van der Waals surface area contributed by atoms with Crippen molar-refractivity contribution in [2.45, 2.75) is 32.5 Å². The number of hydrogen-bond acceptors (Lipinski definition) is 3. The second kappa shape index (κ2) is 9.75. The fraction of sp³-hybridized carbons (Fsp3) is 0.214. The molecule has 0 fully saturated rings. The Kier molecular flexibility index (Phi) is 6.55. The zero-order valence-corrected chi connectivity index (χ0v) is 20.4. The molecular weight excluding hydrogens is 465 g/mol. The summed E-state index contributed by atoms with van der Waals surface area (Å²) in [5.74, 6) is 0.733. The van der Waals surface area contributed by atoms with Crippen LogP contribution in [-0.4, -0.2) is 21.0 Å². The Hall–Kier alpha value is -2.92. The molecule has 4 aromatic rings. The zero-order valence-electron chi connectivity index (χ0n) is 18.9. The first-order valence-corrected chi connectivity index (χ1v) is 12.1. The van der Waals surface area contributed by atoms with Gasteiger partial charge in [0, 0.05) is 36.1 Å². The summed E-state index contributed by atoms with van der Waals surface area (Å²) < 4.78 is 1.85. The summed E-state index contributed by atoms with van der Waals surface area (Å²) >= 11 is 12.4. The number of benzene rings is 3. The van der Waals surface area contributed by atoms with Crippen molar-refractivity contribution in [1.82, 2.24) is 14.5 Å². The normalized spacial score (nSPS) is 13.8. The molecule has 1 aliphatic rings. The van der Waals surface area contributed by atoms with Crippen LogP contribution < -0.4 is 5.56 Å². The molecule has 0 aliphatic carbocycles. The number of aromatic nitrogens is 2. The van der Waals surface area contributed by atoms with Crippen LogP contribution in [0.4, 0.5) is 0 Å². The molecule has 0 bridgehead atoms. The fourth-order valence-corrected chi connectivity index (χ4v) is 5.40. The van der Waals surface area contributed by atoms with Gasteiger partial charge in [0.1, 0.15) is 5.82 Å². The van der Waals surface area contributed by atoms with Crippen molar-refractivity contribution in [2.24, 2.45) is 0 Å². The summed E-state index contributed by atoms with van der Waals surface area (Å²) in [7, 11) is 0. The number of aryl methyl sites for hydroxylation is 1. The summed E-state index contributed by atoms with van der Waals surface area (Å²) in [4.78, 5) is 21.2. The summed E-state index contributed by atoms with van der Waals surface area (Å²) in [6.07, 6.45) is 0.738. The average molecular weight is 490 g/mol. The van der Waals surface area contributed by atoms with Gasteiger partial charge in [-0.1, -0.05) is 83.9 Å². The monoisotopic (exact) mass is 489 g/mol. The van der Waals surface area contributed by atoms with Gasteiger partial charge in [-0.05, 0) is 41.8 Å². The van der Waals surface area contributed by atoms with Gasteiger partial charge in [-0.2, -0.15) is 0 Å². The summed E-state index contributed by atoms with van der Waals surface area (Å²) in [6.45, 7) is 3.98. The number of rotatable bonds is 5. The van der Waals surface area contributed by atoms with Gasteiger partial charge in [0.25, 0.3) is 5.56 Å². The lowest BCUT2D eigenvalue weighted by atomic mass is 9.97. The maximum Gasteiger partial charge on any atom is 0.259 e. The van der Waals surface area contributed by atoms with Crippen molar-refractivity contribution in [3.05, 3.63) is 133 Å². The molecule has 0 spiro atoms. The molecule has 0 radical (unpaired) electrons. The van der Waals surface area contributed by atoms with Crippen LogP contribution in [-0.2, 0) is 19.5 Å². The van der Waals surface area contributed by atoms with E-state index in [-0.39, 0.29) is 11.6 Å². The van der Waals surface area contributed by atoms with Crippen LogP contribution in [0.25, 0.3) is 0 Å². The summed E-state index contributed by atoms with van der Waals surface area (Å²) in [6, 6.07) is 25.6. The first-order chi connectivity index (χ1) is 16.5. The van der Waals surface area contributed by atoms with Crippen LogP contribution in [0.15, 0.2) is 83.7 Å². The van der Waals surface area contributed by atoms with Gasteiger partial charge in [0.15, 0.2) is 0 Å². The van der Waals surface area contributed by atoms with Crippen LogP contribution in [0.3, 0.4) is 0 Å². The SMILES string of the molecule is Cc1nc2c(c(=O)n1C(c1ccccc1)c1ccccc1)CN(Cc1cc(Cl)cc(Cl)c1)CC2. The molecule has 3 aromatic carbocycles. The Balaban J connectivity index is 1.55. The van der Waals surface area contributed by atoms with Crippen molar-refractivity contribution in [2.75, 3.05) is 6.54 Å². The maximum atomic E-state index is 14.0. The van der Waals surface area contributed by atoms with Crippen LogP contribution in [0.2, 0.25) is 10.0 Å². The molecule has 172 valence electrons. The van der Waals surface area contributed by atoms with E-state index in [0.717, 1.165) is 46.7 Å². The van der Waals surface area contributed by atoms with Crippen molar-refractivity contribution >= 4 is 23.2 Å². The molecule has 0 N–H and O–H groups in total. The quantitative estimate of drug-likeness (QED) is 0.342. The van der Waals surface area contributed by atoms with E-state index in [9.17, 15) is 4.79 Å². The topological polar surface area (TPSA) is 38.1 Å². The highest BCUT2D eigenvalue weighted by molar-refractivity contribution is 6.34. The van der Waals surface area contributed by atoms with Gasteiger partial charge in [-0.3, -0.25) is 14.3 Å². The molecule has 5 rings (SSSR count). The van der Waals surface area contributed by atoms with E-state index in [1.807, 2.05) is 60.0 Å². The van der Waals surface area contributed by atoms with Crippen molar-refractivity contribution in [1.29, 1.82) is 0 Å². The van der Waals surface area contributed by atoms with Gasteiger partial charge in [-0.15, -0.1) is 0 Å². The molecule has 0 unspecified atom stereocenters. The summed E-state index contributed by atoms with van der Waals surface area (Å²) in [5.41, 5.74) is 4.84. The third-order valence-electron chi connectivity index (χ3n) is 6.33. The predicted octanol–water partition coefficient (Wildman–Crippen LogP) is 6.05. The Bertz CT molecular complexity index is 1310. The maximum absolute atomic E-state index is 14.0. The molecule has 4 nitrogen and oxygen atoms in total. The predicted molar refractivity (Wildman–Crippen MR) is 138 cm³/mol. The molecule has 0 amide bonds. The molecule has 0 saturated heterocycles. The van der Waals surface area contributed by atoms with E-state index in [0.29, 0.717) is 23.1 Å². The zero-order chi connectivity index (χ0) is 23.7. The number of nitrogens with zero attached hydrogens (tertiary/aromatic N) is 3. The highest BCUT2D eigenvalue weighted by Crippen LogP contribution is 2.28. The lowest BCUT2D eigenvalue weighted by Crippen LogP contribution is -2.40. The molecule has 0 saturated carbocycles. The molecule has 1 aliphatic heterocycles. The Labute approximate surface area is 209 Å². The van der Waals surface area contributed by atoms with Gasteiger partial charge in [-0.25, -0.2) is 4.98 Å². The van der Waals surface area contributed by atoms with E-state index in [1.165, 1.54) is 0 Å². The lowest BCUT2D eigenvalue weighted by molar-refractivity contribution is 0.240. The van der Waals surface area contributed by atoms with E-state index in [4.69, 9.17) is 28.2 Å². The van der Waals surface area contributed by atoms with E-state index >= 15 is 0 Å². The van der Waals surface area contributed by atoms with Gasteiger partial charge < -0.3 is 0 Å². The largest absolute Gasteiger partial charge is 0.294 e. The van der Waals surface area contributed by atoms with Crippen LogP contribution >= 0.6 is 23.2 Å². The highest BCUT2D eigenvalue weighted by Gasteiger charge is 2.27. The minimum Gasteiger partial charge on any atom is -0.294 e. The molecule has 0 atom stereocenters. The van der Waals surface area contributed by atoms with Crippen molar-refractivity contribution in [3.63, 3.8) is 0 Å². The number of hydrogen-bond donors (Lipinski definition) is 0. The second-order valence-electron chi connectivity index (χ2n) is 8.72. The Morgan fingerprint density at radius 2 is 1.50 bits per heavy atom. The van der Waals surface area contributed by atoms with Gasteiger partial charge in [0.05, 0.1) is 17.3 Å². The summed E-state index contributed by atoms with van der Waals surface area (Å²) in [5, 5.41) is 1.24. The molecule has 1 aromatic heterocycles. The fourth-order valence-electron chi connectivity index (χ4n) is 4.83.